The van der Waals surface area contributed by atoms with Gasteiger partial charge in [0.1, 0.15) is 0 Å². The highest BCUT2D eigenvalue weighted by atomic mass is 16.5. The Morgan fingerprint density at radius 2 is 2.44 bits per heavy atom. The van der Waals surface area contributed by atoms with Crippen LogP contribution in [0.15, 0.2) is 10.9 Å². The van der Waals surface area contributed by atoms with Crippen LogP contribution in [0.3, 0.4) is 0 Å². The van der Waals surface area contributed by atoms with Gasteiger partial charge in [0, 0.05) is 12.0 Å². The molecule has 0 saturated heterocycles. The van der Waals surface area contributed by atoms with Gasteiger partial charge in [-0.1, -0.05) is 0 Å². The summed E-state index contributed by atoms with van der Waals surface area (Å²) in [4.78, 5) is 18.2. The van der Waals surface area contributed by atoms with Gasteiger partial charge in [0.15, 0.2) is 0 Å². The van der Waals surface area contributed by atoms with E-state index in [-0.39, 0.29) is 5.56 Å². The summed E-state index contributed by atoms with van der Waals surface area (Å²) in [5.74, 6) is 0.902. The number of nitrogens with one attached hydrogen (secondary N) is 1. The van der Waals surface area contributed by atoms with Crippen molar-refractivity contribution in [3.05, 3.63) is 22.1 Å². The van der Waals surface area contributed by atoms with Gasteiger partial charge >= 0.3 is 6.01 Å². The molecule has 2 heterocycles. The van der Waals surface area contributed by atoms with Gasteiger partial charge < -0.3 is 4.74 Å². The maximum atomic E-state index is 11.4. The number of hydrogen-bond donors (Lipinski definition) is 1. The summed E-state index contributed by atoms with van der Waals surface area (Å²) in [6.07, 6.45) is 2.23. The molecule has 0 aliphatic heterocycles. The van der Waals surface area contributed by atoms with Crippen LogP contribution in [0.2, 0.25) is 0 Å². The van der Waals surface area contributed by atoms with Gasteiger partial charge in [-0.05, 0) is 19.8 Å². The normalized spacial score (nSPS) is 15.6. The Hall–Kier alpha value is -1.85. The van der Waals surface area contributed by atoms with E-state index in [1.54, 1.807) is 10.6 Å². The minimum atomic E-state index is -0.134. The highest BCUT2D eigenvalue weighted by molar-refractivity contribution is 5.32. The van der Waals surface area contributed by atoms with Crippen molar-refractivity contribution in [1.82, 2.24) is 19.6 Å². The van der Waals surface area contributed by atoms with Crippen LogP contribution in [0.5, 0.6) is 6.01 Å². The summed E-state index contributed by atoms with van der Waals surface area (Å²) >= 11 is 0. The van der Waals surface area contributed by atoms with Gasteiger partial charge in [0.25, 0.3) is 5.56 Å². The Bertz CT molecular complexity index is 582. The molecule has 1 N–H and O–H groups in total. The predicted molar refractivity (Wildman–Crippen MR) is 56.8 cm³/mol. The number of ether oxygens (including phenoxy) is 1. The van der Waals surface area contributed by atoms with E-state index < -0.39 is 0 Å². The number of nitrogens with zero attached hydrogens (tertiary/aromatic N) is 3. The SMILES string of the molecule is CCOc1nc2[nH]c(=O)cc(C3CC3)n2n1. The average Bonchev–Trinajstić information content (AvgIpc) is 3.00. The number of fused-ring (bicyclic) bond motifs is 1. The monoisotopic (exact) mass is 220 g/mol. The van der Waals surface area contributed by atoms with Crippen molar-refractivity contribution < 1.29 is 4.74 Å². The van der Waals surface area contributed by atoms with Crippen LogP contribution in [0.1, 0.15) is 31.4 Å². The van der Waals surface area contributed by atoms with E-state index in [0.29, 0.717) is 24.3 Å². The van der Waals surface area contributed by atoms with Crippen LogP contribution >= 0.6 is 0 Å². The highest BCUT2D eigenvalue weighted by Crippen LogP contribution is 2.39. The predicted octanol–water partition coefficient (Wildman–Crippen LogP) is 0.694. The molecule has 0 atom stereocenters. The van der Waals surface area contributed by atoms with Crippen molar-refractivity contribution in [3.8, 4) is 6.01 Å². The Morgan fingerprint density at radius 3 is 3.12 bits per heavy atom. The van der Waals surface area contributed by atoms with Crippen molar-refractivity contribution in [3.63, 3.8) is 0 Å². The van der Waals surface area contributed by atoms with Gasteiger partial charge in [-0.25, -0.2) is 0 Å². The zero-order valence-corrected chi connectivity index (χ0v) is 8.93. The molecule has 6 nitrogen and oxygen atoms in total. The Morgan fingerprint density at radius 1 is 1.62 bits per heavy atom. The molecule has 84 valence electrons. The molecule has 0 amide bonds. The highest BCUT2D eigenvalue weighted by Gasteiger charge is 2.27. The fourth-order valence-electron chi connectivity index (χ4n) is 1.76. The van der Waals surface area contributed by atoms with Crippen LogP contribution in [0.4, 0.5) is 0 Å². The lowest BCUT2D eigenvalue weighted by Crippen LogP contribution is -2.11. The maximum Gasteiger partial charge on any atom is 0.337 e. The molecule has 1 aliphatic rings. The third kappa shape index (κ3) is 1.46. The molecule has 3 rings (SSSR count). The van der Waals surface area contributed by atoms with Crippen LogP contribution < -0.4 is 10.3 Å². The second-order valence-corrected chi connectivity index (χ2v) is 3.90. The van der Waals surface area contributed by atoms with Gasteiger partial charge in [-0.2, -0.15) is 9.50 Å². The average molecular weight is 220 g/mol. The van der Waals surface area contributed by atoms with Crippen molar-refractivity contribution in [1.29, 1.82) is 0 Å². The molecule has 0 unspecified atom stereocenters. The maximum absolute atomic E-state index is 11.4. The van der Waals surface area contributed by atoms with E-state index in [1.807, 2.05) is 6.92 Å². The second-order valence-electron chi connectivity index (χ2n) is 3.90. The van der Waals surface area contributed by atoms with Gasteiger partial charge in [-0.15, -0.1) is 5.10 Å². The molecule has 2 aromatic heterocycles. The molecule has 0 bridgehead atoms. The third-order valence-electron chi connectivity index (χ3n) is 2.62. The lowest BCUT2D eigenvalue weighted by molar-refractivity contribution is 0.313. The molecule has 1 aliphatic carbocycles. The number of aromatic nitrogens is 4. The molecule has 6 heteroatoms. The molecular formula is C10H12N4O2. The van der Waals surface area contributed by atoms with E-state index >= 15 is 0 Å². The summed E-state index contributed by atoms with van der Waals surface area (Å²) in [5, 5.41) is 4.22. The van der Waals surface area contributed by atoms with Crippen molar-refractivity contribution in [2.24, 2.45) is 0 Å². The van der Waals surface area contributed by atoms with Crippen molar-refractivity contribution in [2.45, 2.75) is 25.7 Å². The lowest BCUT2D eigenvalue weighted by Gasteiger charge is -1.99. The van der Waals surface area contributed by atoms with Crippen LogP contribution in [0.25, 0.3) is 5.78 Å². The summed E-state index contributed by atoms with van der Waals surface area (Å²) < 4.78 is 6.89. The van der Waals surface area contributed by atoms with E-state index in [2.05, 4.69) is 15.1 Å². The molecule has 0 spiro atoms. The molecule has 0 aromatic carbocycles. The Balaban J connectivity index is 2.19. The minimum Gasteiger partial charge on any atom is -0.463 e. The summed E-state index contributed by atoms with van der Waals surface area (Å²) in [7, 11) is 0. The van der Waals surface area contributed by atoms with Crippen LogP contribution in [-0.4, -0.2) is 26.2 Å². The molecule has 16 heavy (non-hydrogen) atoms. The summed E-state index contributed by atoms with van der Waals surface area (Å²) in [6.45, 7) is 2.39. The van der Waals surface area contributed by atoms with Gasteiger partial charge in [0.2, 0.25) is 5.78 Å². The van der Waals surface area contributed by atoms with Crippen LogP contribution in [-0.2, 0) is 0 Å². The zero-order chi connectivity index (χ0) is 11.1. The third-order valence-corrected chi connectivity index (χ3v) is 2.62. The number of hydrogen-bond acceptors (Lipinski definition) is 4. The standard InChI is InChI=1S/C10H12N4O2/c1-2-16-10-12-9-11-8(15)5-7(6-3-4-6)14(9)13-10/h5-6H,2-4H2,1H3,(H,11,12,13,15). The number of H-pyrrole nitrogens is 1. The zero-order valence-electron chi connectivity index (χ0n) is 8.93. The Kier molecular flexibility index (Phi) is 1.95. The van der Waals surface area contributed by atoms with E-state index in [9.17, 15) is 4.79 Å². The summed E-state index contributed by atoms with van der Waals surface area (Å²) in [6, 6.07) is 1.90. The van der Waals surface area contributed by atoms with Crippen LogP contribution in [0, 0.1) is 0 Å². The molecular weight excluding hydrogens is 208 g/mol. The largest absolute Gasteiger partial charge is 0.463 e. The Labute approximate surface area is 91.3 Å². The molecule has 2 aromatic rings. The first-order valence-electron chi connectivity index (χ1n) is 5.40. The number of aromatic amines is 1. The van der Waals surface area contributed by atoms with Crippen molar-refractivity contribution >= 4 is 5.78 Å². The number of rotatable bonds is 3. The van der Waals surface area contributed by atoms with Gasteiger partial charge in [-0.3, -0.25) is 9.78 Å². The lowest BCUT2D eigenvalue weighted by atomic mass is 10.3. The van der Waals surface area contributed by atoms with Crippen molar-refractivity contribution in [2.75, 3.05) is 6.61 Å². The first kappa shape index (κ1) is 9.38. The van der Waals surface area contributed by atoms with E-state index in [1.165, 1.54) is 0 Å². The quantitative estimate of drug-likeness (QED) is 0.826. The molecule has 1 saturated carbocycles. The fraction of sp³-hybridized carbons (Fsp3) is 0.500. The van der Waals surface area contributed by atoms with Gasteiger partial charge in [0.05, 0.1) is 12.3 Å². The first-order valence-corrected chi connectivity index (χ1v) is 5.40. The minimum absolute atomic E-state index is 0.134. The smallest absolute Gasteiger partial charge is 0.337 e. The molecule has 1 fully saturated rings. The summed E-state index contributed by atoms with van der Waals surface area (Å²) in [5.41, 5.74) is 0.794. The first-order chi connectivity index (χ1) is 7.78. The molecule has 0 radical (unpaired) electrons. The second kappa shape index (κ2) is 3.33. The topological polar surface area (TPSA) is 72.3 Å². The van der Waals surface area contributed by atoms with E-state index in [0.717, 1.165) is 18.5 Å². The van der Waals surface area contributed by atoms with E-state index in [4.69, 9.17) is 4.74 Å². The fourth-order valence-corrected chi connectivity index (χ4v) is 1.76.